The number of carbonyl (C=O) groups is 2. The van der Waals surface area contributed by atoms with Gasteiger partial charge in [-0.15, -0.1) is 0 Å². The lowest BCUT2D eigenvalue weighted by molar-refractivity contribution is -0.123. The highest BCUT2D eigenvalue weighted by atomic mass is 127. The second kappa shape index (κ2) is 12.0. The van der Waals surface area contributed by atoms with E-state index in [-0.39, 0.29) is 17.7 Å². The highest BCUT2D eigenvalue weighted by molar-refractivity contribution is 14.1. The molecular weight excluding hydrogens is 712 g/mol. The van der Waals surface area contributed by atoms with E-state index in [1.54, 1.807) is 6.08 Å². The number of imide groups is 1. The van der Waals surface area contributed by atoms with Gasteiger partial charge in [0.15, 0.2) is 11.5 Å². The minimum Gasteiger partial charge on any atom is -0.490 e. The van der Waals surface area contributed by atoms with E-state index in [0.29, 0.717) is 34.6 Å². The number of rotatable bonds is 8. The molecule has 2 amide bonds. The third-order valence-corrected chi connectivity index (χ3v) is 7.73. The molecule has 180 valence electrons. The minimum absolute atomic E-state index is 0.248. The average Bonchev–Trinajstić information content (AvgIpc) is 3.08. The summed E-state index contributed by atoms with van der Waals surface area (Å²) >= 11 is 11.3. The maximum Gasteiger partial charge on any atom is 0.293 e. The summed E-state index contributed by atoms with van der Waals surface area (Å²) in [7, 11) is 0. The summed E-state index contributed by atoms with van der Waals surface area (Å²) < 4.78 is 13.8. The average molecular weight is 732 g/mol. The van der Waals surface area contributed by atoms with E-state index < -0.39 is 0 Å². The lowest BCUT2D eigenvalue weighted by Gasteiger charge is -2.15. The number of benzene rings is 3. The highest BCUT2D eigenvalue weighted by Gasteiger charge is 2.35. The van der Waals surface area contributed by atoms with Crippen molar-refractivity contribution in [1.29, 1.82) is 0 Å². The lowest BCUT2D eigenvalue weighted by atomic mass is 10.1. The maximum absolute atomic E-state index is 13.0. The molecule has 0 saturated carbocycles. The molecule has 1 heterocycles. The fourth-order valence-corrected chi connectivity index (χ4v) is 5.48. The van der Waals surface area contributed by atoms with Crippen LogP contribution in [0.25, 0.3) is 6.08 Å². The Hall–Kier alpha value is -1.76. The molecule has 0 N–H and O–H groups in total. The van der Waals surface area contributed by atoms with Gasteiger partial charge >= 0.3 is 0 Å². The van der Waals surface area contributed by atoms with Crippen molar-refractivity contribution >= 4 is 85.8 Å². The third-order valence-electron chi connectivity index (χ3n) is 5.05. The molecule has 1 saturated heterocycles. The zero-order chi connectivity index (χ0) is 24.9. The van der Waals surface area contributed by atoms with Gasteiger partial charge in [0.2, 0.25) is 0 Å². The zero-order valence-electron chi connectivity index (χ0n) is 18.6. The fraction of sp³-hybridized carbons (Fsp3) is 0.154. The van der Waals surface area contributed by atoms with E-state index in [9.17, 15) is 9.59 Å². The van der Waals surface area contributed by atoms with Crippen molar-refractivity contribution in [2.24, 2.45) is 0 Å². The molecule has 0 bridgehead atoms. The molecule has 0 radical (unpaired) electrons. The van der Waals surface area contributed by atoms with Crippen LogP contribution in [0.1, 0.15) is 23.6 Å². The molecule has 4 rings (SSSR count). The van der Waals surface area contributed by atoms with Crippen LogP contribution in [0.3, 0.4) is 0 Å². The van der Waals surface area contributed by atoms with Crippen LogP contribution in [0.4, 0.5) is 4.79 Å². The van der Waals surface area contributed by atoms with Crippen LogP contribution in [0.2, 0.25) is 5.02 Å². The minimum atomic E-state index is -0.297. The molecule has 0 atom stereocenters. The molecule has 1 aliphatic rings. The first-order chi connectivity index (χ1) is 16.8. The van der Waals surface area contributed by atoms with Crippen molar-refractivity contribution in [2.45, 2.75) is 20.1 Å². The number of amides is 2. The third kappa shape index (κ3) is 6.72. The number of ether oxygens (including phenoxy) is 2. The number of hydrogen-bond acceptors (Lipinski definition) is 5. The van der Waals surface area contributed by atoms with Crippen molar-refractivity contribution in [2.75, 3.05) is 6.61 Å². The Balaban J connectivity index is 1.54. The molecule has 0 aromatic heterocycles. The van der Waals surface area contributed by atoms with Crippen molar-refractivity contribution in [1.82, 2.24) is 4.90 Å². The number of thioether (sulfide) groups is 1. The maximum atomic E-state index is 13.0. The molecule has 0 aliphatic carbocycles. The standard InChI is InChI=1S/C26H20ClI2NO4S/c1-2-33-22-12-18(11-21(29)24(22)34-15-17-3-7-19(27)8-4-17)13-23-25(31)30(26(32)35-23)14-16-5-9-20(28)10-6-16/h3-13H,2,14-15H2,1H3/b23-13+. The first kappa shape index (κ1) is 26.3. The summed E-state index contributed by atoms with van der Waals surface area (Å²) in [6.07, 6.45) is 1.73. The van der Waals surface area contributed by atoms with E-state index in [2.05, 4.69) is 45.2 Å². The molecule has 3 aromatic rings. The van der Waals surface area contributed by atoms with Gasteiger partial charge in [-0.05, 0) is 123 Å². The second-order valence-electron chi connectivity index (χ2n) is 7.57. The molecule has 0 spiro atoms. The van der Waals surface area contributed by atoms with Crippen LogP contribution in [-0.4, -0.2) is 22.7 Å². The van der Waals surface area contributed by atoms with E-state index in [1.165, 1.54) is 4.90 Å². The highest BCUT2D eigenvalue weighted by Crippen LogP contribution is 2.38. The SMILES string of the molecule is CCOc1cc(/C=C2/SC(=O)N(Cc3ccc(I)cc3)C2=O)cc(I)c1OCc1ccc(Cl)cc1. The molecule has 5 nitrogen and oxygen atoms in total. The van der Waals surface area contributed by atoms with E-state index in [0.717, 1.165) is 35.6 Å². The quantitative estimate of drug-likeness (QED) is 0.175. The van der Waals surface area contributed by atoms with Gasteiger partial charge in [-0.1, -0.05) is 35.9 Å². The summed E-state index contributed by atoms with van der Waals surface area (Å²) in [6.45, 7) is 2.98. The Morgan fingerprint density at radius 1 is 0.971 bits per heavy atom. The van der Waals surface area contributed by atoms with Gasteiger partial charge in [-0.3, -0.25) is 14.5 Å². The van der Waals surface area contributed by atoms with Gasteiger partial charge in [0.05, 0.1) is 21.6 Å². The Kier molecular flexibility index (Phi) is 9.01. The largest absolute Gasteiger partial charge is 0.490 e. The van der Waals surface area contributed by atoms with Crippen LogP contribution < -0.4 is 9.47 Å². The molecular formula is C26H20ClI2NO4S. The topological polar surface area (TPSA) is 55.8 Å². The molecule has 1 fully saturated rings. The van der Waals surface area contributed by atoms with Crippen LogP contribution >= 0.6 is 68.5 Å². The number of hydrogen-bond donors (Lipinski definition) is 0. The van der Waals surface area contributed by atoms with Crippen molar-refractivity contribution in [3.63, 3.8) is 0 Å². The number of carbonyl (C=O) groups excluding carboxylic acids is 2. The molecule has 3 aromatic carbocycles. The van der Waals surface area contributed by atoms with Crippen LogP contribution in [0.15, 0.2) is 65.6 Å². The van der Waals surface area contributed by atoms with Gasteiger partial charge in [0, 0.05) is 8.59 Å². The monoisotopic (exact) mass is 731 g/mol. The lowest BCUT2D eigenvalue weighted by Crippen LogP contribution is -2.27. The van der Waals surface area contributed by atoms with E-state index >= 15 is 0 Å². The summed E-state index contributed by atoms with van der Waals surface area (Å²) in [5.74, 6) is 0.915. The van der Waals surface area contributed by atoms with Crippen LogP contribution in [0, 0.1) is 7.14 Å². The Bertz CT molecular complexity index is 1280. The summed E-state index contributed by atoms with van der Waals surface area (Å²) in [4.78, 5) is 27.2. The van der Waals surface area contributed by atoms with E-state index in [4.69, 9.17) is 21.1 Å². The first-order valence-electron chi connectivity index (χ1n) is 10.7. The van der Waals surface area contributed by atoms with Crippen molar-refractivity contribution in [3.8, 4) is 11.5 Å². The summed E-state index contributed by atoms with van der Waals surface area (Å²) in [5.41, 5.74) is 2.65. The summed E-state index contributed by atoms with van der Waals surface area (Å²) in [5, 5.41) is 0.396. The molecule has 0 unspecified atom stereocenters. The predicted molar refractivity (Wildman–Crippen MR) is 157 cm³/mol. The van der Waals surface area contributed by atoms with Gasteiger partial charge in [-0.2, -0.15) is 0 Å². The normalized spacial score (nSPS) is 14.6. The first-order valence-corrected chi connectivity index (χ1v) is 14.0. The predicted octanol–water partition coefficient (Wildman–Crippen LogP) is 7.76. The van der Waals surface area contributed by atoms with Crippen LogP contribution in [0.5, 0.6) is 11.5 Å². The van der Waals surface area contributed by atoms with Crippen molar-refractivity contribution in [3.05, 3.63) is 94.4 Å². The second-order valence-corrected chi connectivity index (χ2v) is 11.4. The zero-order valence-corrected chi connectivity index (χ0v) is 24.5. The molecule has 9 heteroatoms. The fourth-order valence-electron chi connectivity index (χ4n) is 3.37. The molecule has 35 heavy (non-hydrogen) atoms. The van der Waals surface area contributed by atoms with Crippen LogP contribution in [-0.2, 0) is 17.9 Å². The van der Waals surface area contributed by atoms with Gasteiger partial charge < -0.3 is 9.47 Å². The number of halogens is 3. The summed E-state index contributed by atoms with van der Waals surface area (Å²) in [6, 6.07) is 19.0. The smallest absolute Gasteiger partial charge is 0.293 e. The van der Waals surface area contributed by atoms with Gasteiger partial charge in [0.25, 0.3) is 11.1 Å². The van der Waals surface area contributed by atoms with Gasteiger partial charge in [-0.25, -0.2) is 0 Å². The Labute approximate surface area is 240 Å². The van der Waals surface area contributed by atoms with Gasteiger partial charge in [0.1, 0.15) is 6.61 Å². The van der Waals surface area contributed by atoms with Crippen molar-refractivity contribution < 1.29 is 19.1 Å². The Morgan fingerprint density at radius 2 is 1.66 bits per heavy atom. The number of nitrogens with zero attached hydrogens (tertiary/aromatic N) is 1. The Morgan fingerprint density at radius 3 is 2.34 bits per heavy atom. The van der Waals surface area contributed by atoms with E-state index in [1.807, 2.05) is 67.6 Å². The molecule has 1 aliphatic heterocycles.